The Morgan fingerprint density at radius 1 is 1.07 bits per heavy atom. The molecule has 2 N–H and O–H groups in total. The Balaban J connectivity index is 1.55. The van der Waals surface area contributed by atoms with Gasteiger partial charge in [-0.15, -0.1) is 0 Å². The SMILES string of the molecule is O=C(Nc1cc2c(cc1O)OCO2)N(Cc1ccccc1)C1CCCCC1. The molecule has 142 valence electrons. The number of carbonyl (C=O) groups is 1. The highest BCUT2D eigenvalue weighted by molar-refractivity contribution is 5.91. The third kappa shape index (κ3) is 3.94. The molecule has 0 spiro atoms. The molecule has 2 aromatic carbocycles. The number of urea groups is 1. The first kappa shape index (κ1) is 17.5. The van der Waals surface area contributed by atoms with E-state index in [2.05, 4.69) is 5.32 Å². The van der Waals surface area contributed by atoms with Crippen molar-refractivity contribution in [1.82, 2.24) is 4.90 Å². The third-order valence-corrected chi connectivity index (χ3v) is 5.20. The Labute approximate surface area is 158 Å². The van der Waals surface area contributed by atoms with Crippen molar-refractivity contribution in [3.05, 3.63) is 48.0 Å². The highest BCUT2D eigenvalue weighted by Crippen LogP contribution is 2.40. The number of rotatable bonds is 4. The Bertz CT molecular complexity index is 803. The zero-order chi connectivity index (χ0) is 18.6. The summed E-state index contributed by atoms with van der Waals surface area (Å²) >= 11 is 0. The van der Waals surface area contributed by atoms with Gasteiger partial charge >= 0.3 is 6.03 Å². The maximum absolute atomic E-state index is 13.1. The number of hydrogen-bond donors (Lipinski definition) is 2. The summed E-state index contributed by atoms with van der Waals surface area (Å²) in [6, 6.07) is 13.1. The molecule has 0 aromatic heterocycles. The summed E-state index contributed by atoms with van der Waals surface area (Å²) < 4.78 is 10.6. The maximum Gasteiger partial charge on any atom is 0.322 e. The van der Waals surface area contributed by atoms with Gasteiger partial charge in [0, 0.05) is 24.7 Å². The standard InChI is InChI=1S/C21H24N2O4/c24-18-12-20-19(26-14-27-20)11-17(18)22-21(25)23(16-9-5-2-6-10-16)13-15-7-3-1-4-8-15/h1,3-4,7-8,11-12,16,24H,2,5-6,9-10,13-14H2,(H,22,25). The van der Waals surface area contributed by atoms with Crippen molar-refractivity contribution < 1.29 is 19.4 Å². The number of hydrogen-bond acceptors (Lipinski definition) is 4. The van der Waals surface area contributed by atoms with E-state index < -0.39 is 0 Å². The second-order valence-corrected chi connectivity index (χ2v) is 7.06. The van der Waals surface area contributed by atoms with E-state index in [-0.39, 0.29) is 24.6 Å². The molecule has 2 aromatic rings. The normalized spacial score (nSPS) is 16.1. The molecule has 6 heteroatoms. The summed E-state index contributed by atoms with van der Waals surface area (Å²) in [5.74, 6) is 0.977. The topological polar surface area (TPSA) is 71.0 Å². The van der Waals surface area contributed by atoms with E-state index >= 15 is 0 Å². The minimum atomic E-state index is -0.208. The van der Waals surface area contributed by atoms with E-state index in [1.165, 1.54) is 12.5 Å². The average Bonchev–Trinajstić information content (AvgIpc) is 3.15. The van der Waals surface area contributed by atoms with Crippen LogP contribution in [0.4, 0.5) is 10.5 Å². The predicted molar refractivity (Wildman–Crippen MR) is 102 cm³/mol. The first-order chi connectivity index (χ1) is 13.2. The van der Waals surface area contributed by atoms with E-state index in [0.29, 0.717) is 23.7 Å². The van der Waals surface area contributed by atoms with Gasteiger partial charge in [-0.3, -0.25) is 0 Å². The summed E-state index contributed by atoms with van der Waals surface area (Å²) in [5.41, 5.74) is 1.42. The molecule has 0 radical (unpaired) electrons. The molecule has 0 saturated heterocycles. The second kappa shape index (κ2) is 7.78. The average molecular weight is 368 g/mol. The molecule has 1 aliphatic carbocycles. The van der Waals surface area contributed by atoms with Crippen LogP contribution in [0.1, 0.15) is 37.7 Å². The minimum absolute atomic E-state index is 0.0316. The number of phenolic OH excluding ortho intramolecular Hbond substituents is 1. The van der Waals surface area contributed by atoms with Gasteiger partial charge in [-0.1, -0.05) is 49.6 Å². The molecular weight excluding hydrogens is 344 g/mol. The number of anilines is 1. The number of aromatic hydroxyl groups is 1. The summed E-state index contributed by atoms with van der Waals surface area (Å²) in [7, 11) is 0. The van der Waals surface area contributed by atoms with Crippen molar-refractivity contribution in [2.75, 3.05) is 12.1 Å². The number of amides is 2. The molecule has 4 rings (SSSR count). The van der Waals surface area contributed by atoms with Crippen molar-refractivity contribution in [2.45, 2.75) is 44.7 Å². The molecule has 1 heterocycles. The van der Waals surface area contributed by atoms with Crippen LogP contribution >= 0.6 is 0 Å². The summed E-state index contributed by atoms with van der Waals surface area (Å²) in [4.78, 5) is 15.0. The van der Waals surface area contributed by atoms with E-state index in [4.69, 9.17) is 9.47 Å². The van der Waals surface area contributed by atoms with E-state index in [1.54, 1.807) is 6.07 Å². The molecule has 1 fully saturated rings. The lowest BCUT2D eigenvalue weighted by Crippen LogP contribution is -2.43. The first-order valence-corrected chi connectivity index (χ1v) is 9.45. The second-order valence-electron chi connectivity index (χ2n) is 7.06. The third-order valence-electron chi connectivity index (χ3n) is 5.20. The first-order valence-electron chi connectivity index (χ1n) is 9.45. The van der Waals surface area contributed by atoms with Gasteiger partial charge in [0.15, 0.2) is 11.5 Å². The molecule has 27 heavy (non-hydrogen) atoms. The van der Waals surface area contributed by atoms with Crippen LogP contribution < -0.4 is 14.8 Å². The number of nitrogens with one attached hydrogen (secondary N) is 1. The molecule has 0 atom stereocenters. The Morgan fingerprint density at radius 3 is 2.52 bits per heavy atom. The molecular formula is C21H24N2O4. The molecule has 0 unspecified atom stereocenters. The fraction of sp³-hybridized carbons (Fsp3) is 0.381. The van der Waals surface area contributed by atoms with Crippen LogP contribution in [0.2, 0.25) is 0 Å². The molecule has 1 aliphatic heterocycles. The van der Waals surface area contributed by atoms with Crippen LogP contribution in [0.5, 0.6) is 17.2 Å². The Hall–Kier alpha value is -2.89. The van der Waals surface area contributed by atoms with Crippen molar-refractivity contribution in [3.63, 3.8) is 0 Å². The summed E-state index contributed by atoms with van der Waals surface area (Å²) in [6.45, 7) is 0.664. The van der Waals surface area contributed by atoms with Crippen LogP contribution in [0.15, 0.2) is 42.5 Å². The molecule has 1 saturated carbocycles. The number of phenols is 1. The van der Waals surface area contributed by atoms with Crippen molar-refractivity contribution in [1.29, 1.82) is 0 Å². The fourth-order valence-electron chi connectivity index (χ4n) is 3.76. The quantitative estimate of drug-likeness (QED) is 0.780. The Kier molecular flexibility index (Phi) is 5.05. The van der Waals surface area contributed by atoms with E-state index in [9.17, 15) is 9.90 Å². The highest BCUT2D eigenvalue weighted by Gasteiger charge is 2.27. The molecule has 0 bridgehead atoms. The monoisotopic (exact) mass is 368 g/mol. The lowest BCUT2D eigenvalue weighted by Gasteiger charge is -2.34. The van der Waals surface area contributed by atoms with E-state index in [0.717, 1.165) is 31.2 Å². The largest absolute Gasteiger partial charge is 0.506 e. The number of benzene rings is 2. The number of ether oxygens (including phenoxy) is 2. The van der Waals surface area contributed by atoms with Crippen molar-refractivity contribution in [2.24, 2.45) is 0 Å². The van der Waals surface area contributed by atoms with Gasteiger partial charge in [-0.25, -0.2) is 4.79 Å². The fourth-order valence-corrected chi connectivity index (χ4v) is 3.76. The zero-order valence-electron chi connectivity index (χ0n) is 15.2. The van der Waals surface area contributed by atoms with Gasteiger partial charge in [-0.05, 0) is 18.4 Å². The van der Waals surface area contributed by atoms with Crippen LogP contribution in [0.3, 0.4) is 0 Å². The number of carbonyl (C=O) groups excluding carboxylic acids is 1. The van der Waals surface area contributed by atoms with Gasteiger partial charge in [-0.2, -0.15) is 0 Å². The Morgan fingerprint density at radius 2 is 1.78 bits per heavy atom. The summed E-state index contributed by atoms with van der Waals surface area (Å²) in [5, 5.41) is 13.1. The van der Waals surface area contributed by atoms with Gasteiger partial charge in [0.1, 0.15) is 5.75 Å². The minimum Gasteiger partial charge on any atom is -0.506 e. The van der Waals surface area contributed by atoms with Crippen LogP contribution in [0.25, 0.3) is 0 Å². The molecule has 6 nitrogen and oxygen atoms in total. The maximum atomic E-state index is 13.1. The lowest BCUT2D eigenvalue weighted by atomic mass is 9.94. The van der Waals surface area contributed by atoms with Crippen LogP contribution in [-0.4, -0.2) is 28.9 Å². The molecule has 2 aliphatic rings. The van der Waals surface area contributed by atoms with Crippen molar-refractivity contribution in [3.8, 4) is 17.2 Å². The highest BCUT2D eigenvalue weighted by atomic mass is 16.7. The number of fused-ring (bicyclic) bond motifs is 1. The van der Waals surface area contributed by atoms with E-state index in [1.807, 2.05) is 35.2 Å². The van der Waals surface area contributed by atoms with Crippen LogP contribution in [0, 0.1) is 0 Å². The predicted octanol–water partition coefficient (Wildman–Crippen LogP) is 4.49. The zero-order valence-corrected chi connectivity index (χ0v) is 15.2. The lowest BCUT2D eigenvalue weighted by molar-refractivity contribution is 0.162. The van der Waals surface area contributed by atoms with Gasteiger partial charge in [0.25, 0.3) is 0 Å². The van der Waals surface area contributed by atoms with Crippen molar-refractivity contribution >= 4 is 11.7 Å². The number of nitrogens with zero attached hydrogens (tertiary/aromatic N) is 1. The smallest absolute Gasteiger partial charge is 0.322 e. The van der Waals surface area contributed by atoms with Gasteiger partial charge < -0.3 is 24.8 Å². The summed E-state index contributed by atoms with van der Waals surface area (Å²) in [6.07, 6.45) is 5.51. The van der Waals surface area contributed by atoms with Gasteiger partial charge in [0.05, 0.1) is 5.69 Å². The van der Waals surface area contributed by atoms with Crippen LogP contribution in [-0.2, 0) is 6.54 Å². The van der Waals surface area contributed by atoms with Gasteiger partial charge in [0.2, 0.25) is 6.79 Å². The molecule has 2 amide bonds.